The van der Waals surface area contributed by atoms with Crippen LogP contribution >= 0.6 is 0 Å². The summed E-state index contributed by atoms with van der Waals surface area (Å²) in [5, 5.41) is 0. The molecule has 4 atom stereocenters. The molecule has 2 heterocycles. The maximum Gasteiger partial charge on any atom is 0.410 e. The van der Waals surface area contributed by atoms with Gasteiger partial charge >= 0.3 is 24.1 Å². The van der Waals surface area contributed by atoms with Gasteiger partial charge in [-0.15, -0.1) is 0 Å². The van der Waals surface area contributed by atoms with Crippen LogP contribution < -0.4 is 0 Å². The lowest BCUT2D eigenvalue weighted by molar-refractivity contribution is -0.151. The Hall–Kier alpha value is -4.22. The number of benzene rings is 2. The summed E-state index contributed by atoms with van der Waals surface area (Å²) in [6.07, 6.45) is -4.10. The van der Waals surface area contributed by atoms with Gasteiger partial charge in [-0.05, 0) is 52.7 Å². The number of amides is 2. The first-order valence-electron chi connectivity index (χ1n) is 15.2. The van der Waals surface area contributed by atoms with E-state index in [-0.39, 0.29) is 39.4 Å². The van der Waals surface area contributed by atoms with E-state index >= 15 is 0 Å². The van der Waals surface area contributed by atoms with Crippen molar-refractivity contribution in [2.75, 3.05) is 26.2 Å². The first kappa shape index (κ1) is 36.3. The second-order valence-electron chi connectivity index (χ2n) is 13.2. The standard InChI is InChI=1S/2C17H22FNO4/c2*1-17(2,3)23-16(21)19-9-13(14(18)10-19)15(20)22-11-12-7-5-4-6-8-12/h2*4-8,13-14H,9-11H2,1-3H3. The monoisotopic (exact) mass is 646 g/mol. The van der Waals surface area contributed by atoms with Gasteiger partial charge in [-0.1, -0.05) is 60.7 Å². The fourth-order valence-electron chi connectivity index (χ4n) is 4.60. The van der Waals surface area contributed by atoms with Gasteiger partial charge in [-0.2, -0.15) is 0 Å². The Morgan fingerprint density at radius 2 is 0.935 bits per heavy atom. The molecule has 2 aromatic rings. The van der Waals surface area contributed by atoms with Crippen molar-refractivity contribution in [1.82, 2.24) is 9.80 Å². The fraction of sp³-hybridized carbons (Fsp3) is 0.529. The summed E-state index contributed by atoms with van der Waals surface area (Å²) in [5.74, 6) is -3.20. The van der Waals surface area contributed by atoms with E-state index in [4.69, 9.17) is 18.9 Å². The Labute approximate surface area is 268 Å². The Morgan fingerprint density at radius 1 is 0.609 bits per heavy atom. The lowest BCUT2D eigenvalue weighted by Gasteiger charge is -2.24. The number of hydrogen-bond donors (Lipinski definition) is 0. The van der Waals surface area contributed by atoms with E-state index in [9.17, 15) is 28.0 Å². The van der Waals surface area contributed by atoms with Gasteiger partial charge in [0.1, 0.15) is 48.6 Å². The predicted octanol–water partition coefficient (Wildman–Crippen LogP) is 5.87. The van der Waals surface area contributed by atoms with Crippen LogP contribution in [0.3, 0.4) is 0 Å². The molecule has 0 spiro atoms. The van der Waals surface area contributed by atoms with Crippen LogP contribution in [-0.2, 0) is 41.8 Å². The number of halogens is 2. The second-order valence-corrected chi connectivity index (χ2v) is 13.2. The highest BCUT2D eigenvalue weighted by Gasteiger charge is 2.43. The number of rotatable bonds is 6. The molecule has 4 rings (SSSR count). The normalized spacial score (nSPS) is 21.1. The van der Waals surface area contributed by atoms with Gasteiger partial charge in [0.05, 0.1) is 13.1 Å². The van der Waals surface area contributed by atoms with Crippen LogP contribution in [-0.4, -0.2) is 83.6 Å². The van der Waals surface area contributed by atoms with Crippen LogP contribution in [0.15, 0.2) is 60.7 Å². The summed E-state index contributed by atoms with van der Waals surface area (Å²) >= 11 is 0. The molecule has 10 nitrogen and oxygen atoms in total. The zero-order chi connectivity index (χ0) is 34.1. The van der Waals surface area contributed by atoms with E-state index in [2.05, 4.69) is 0 Å². The summed E-state index contributed by atoms with van der Waals surface area (Å²) in [4.78, 5) is 50.4. The first-order valence-corrected chi connectivity index (χ1v) is 15.2. The smallest absolute Gasteiger partial charge is 0.410 e. The molecule has 2 aliphatic heterocycles. The van der Waals surface area contributed by atoms with E-state index in [0.717, 1.165) is 11.1 Å². The van der Waals surface area contributed by atoms with Gasteiger partial charge in [-0.25, -0.2) is 18.4 Å². The molecular formula is C34H44F2N2O8. The minimum atomic E-state index is -1.44. The molecule has 0 saturated carbocycles. The molecule has 2 saturated heterocycles. The Kier molecular flexibility index (Phi) is 12.5. The number of esters is 2. The maximum absolute atomic E-state index is 14.1. The predicted molar refractivity (Wildman–Crippen MR) is 165 cm³/mol. The quantitative estimate of drug-likeness (QED) is 0.283. The summed E-state index contributed by atoms with van der Waals surface area (Å²) < 4.78 is 48.8. The molecule has 0 bridgehead atoms. The molecular weight excluding hydrogens is 602 g/mol. The summed E-state index contributed by atoms with van der Waals surface area (Å²) in [7, 11) is 0. The number of likely N-dealkylation sites (tertiary alicyclic amines) is 2. The lowest BCUT2D eigenvalue weighted by atomic mass is 10.1. The van der Waals surface area contributed by atoms with Crippen LogP contribution in [0.4, 0.5) is 18.4 Å². The van der Waals surface area contributed by atoms with Gasteiger partial charge in [-0.3, -0.25) is 9.59 Å². The highest BCUT2D eigenvalue weighted by Crippen LogP contribution is 2.25. The highest BCUT2D eigenvalue weighted by atomic mass is 19.1. The van der Waals surface area contributed by atoms with Gasteiger partial charge in [0.15, 0.2) is 0 Å². The average Bonchev–Trinajstić information content (AvgIpc) is 3.57. The van der Waals surface area contributed by atoms with Crippen molar-refractivity contribution in [2.24, 2.45) is 11.8 Å². The van der Waals surface area contributed by atoms with E-state index in [1.165, 1.54) is 9.80 Å². The largest absolute Gasteiger partial charge is 0.460 e. The molecule has 2 amide bonds. The molecule has 12 heteroatoms. The van der Waals surface area contributed by atoms with Gasteiger partial charge in [0.25, 0.3) is 0 Å². The Morgan fingerprint density at radius 3 is 1.24 bits per heavy atom. The maximum atomic E-state index is 14.1. The zero-order valence-electron chi connectivity index (χ0n) is 27.2. The third-order valence-electron chi connectivity index (χ3n) is 6.85. The third-order valence-corrected chi connectivity index (χ3v) is 6.85. The average molecular weight is 647 g/mol. The van der Waals surface area contributed by atoms with Gasteiger partial charge in [0, 0.05) is 13.1 Å². The van der Waals surface area contributed by atoms with Crippen molar-refractivity contribution in [3.05, 3.63) is 71.8 Å². The topological polar surface area (TPSA) is 112 Å². The summed E-state index contributed by atoms with van der Waals surface area (Å²) in [5.41, 5.74) is 0.348. The van der Waals surface area contributed by atoms with Crippen LogP contribution in [0.1, 0.15) is 52.7 Å². The van der Waals surface area contributed by atoms with Crippen LogP contribution in [0, 0.1) is 11.8 Å². The minimum absolute atomic E-state index is 0.0241. The Balaban J connectivity index is 0.000000250. The fourth-order valence-corrected chi connectivity index (χ4v) is 4.60. The van der Waals surface area contributed by atoms with Gasteiger partial charge < -0.3 is 28.7 Å². The number of nitrogens with zero attached hydrogens (tertiary/aromatic N) is 2. The number of alkyl halides is 2. The SMILES string of the molecule is CC(C)(C)OC(=O)N1CC(F)C(C(=O)OCc2ccccc2)C1.CC(C)(C)OC(=O)N1CC(F)C(C(=O)OCc2ccccc2)C1. The molecule has 4 unspecified atom stereocenters. The van der Waals surface area contributed by atoms with Crippen molar-refractivity contribution in [3.63, 3.8) is 0 Å². The summed E-state index contributed by atoms with van der Waals surface area (Å²) in [6, 6.07) is 18.3. The zero-order valence-corrected chi connectivity index (χ0v) is 27.2. The number of ether oxygens (including phenoxy) is 4. The second kappa shape index (κ2) is 15.9. The number of hydrogen-bond acceptors (Lipinski definition) is 8. The molecule has 252 valence electrons. The van der Waals surface area contributed by atoms with Crippen molar-refractivity contribution in [3.8, 4) is 0 Å². The van der Waals surface area contributed by atoms with Crippen LogP contribution in [0.25, 0.3) is 0 Å². The third kappa shape index (κ3) is 11.6. The van der Waals surface area contributed by atoms with Crippen molar-refractivity contribution < 1.29 is 46.9 Å². The van der Waals surface area contributed by atoms with E-state index in [1.807, 2.05) is 60.7 Å². The van der Waals surface area contributed by atoms with E-state index < -0.39 is 59.5 Å². The van der Waals surface area contributed by atoms with E-state index in [1.54, 1.807) is 41.5 Å². The van der Waals surface area contributed by atoms with Crippen molar-refractivity contribution in [1.29, 1.82) is 0 Å². The Bertz CT molecular complexity index is 1210. The molecule has 2 aromatic carbocycles. The van der Waals surface area contributed by atoms with Crippen molar-refractivity contribution in [2.45, 2.75) is 78.3 Å². The van der Waals surface area contributed by atoms with Crippen LogP contribution in [0.5, 0.6) is 0 Å². The molecule has 0 aliphatic carbocycles. The molecule has 0 aromatic heterocycles. The van der Waals surface area contributed by atoms with Crippen molar-refractivity contribution >= 4 is 24.1 Å². The lowest BCUT2D eigenvalue weighted by Crippen LogP contribution is -2.36. The number of carbonyl (C=O) groups is 4. The number of carbonyl (C=O) groups excluding carboxylic acids is 4. The molecule has 2 aliphatic rings. The molecule has 0 radical (unpaired) electrons. The molecule has 0 N–H and O–H groups in total. The van der Waals surface area contributed by atoms with E-state index in [0.29, 0.717) is 0 Å². The molecule has 2 fully saturated rings. The highest BCUT2D eigenvalue weighted by molar-refractivity contribution is 5.77. The van der Waals surface area contributed by atoms with Gasteiger partial charge in [0.2, 0.25) is 0 Å². The summed E-state index contributed by atoms with van der Waals surface area (Å²) in [6.45, 7) is 10.2. The first-order chi connectivity index (χ1) is 21.5. The van der Waals surface area contributed by atoms with Crippen LogP contribution in [0.2, 0.25) is 0 Å². The minimum Gasteiger partial charge on any atom is -0.460 e. The molecule has 46 heavy (non-hydrogen) atoms.